The average molecular weight is 329 g/mol. The van der Waals surface area contributed by atoms with Gasteiger partial charge in [0, 0.05) is 32.4 Å². The van der Waals surface area contributed by atoms with Gasteiger partial charge < -0.3 is 9.52 Å². The molecule has 3 atom stereocenters. The Labute approximate surface area is 132 Å². The number of benzene rings is 1. The zero-order valence-corrected chi connectivity index (χ0v) is 13.6. The lowest BCUT2D eigenvalue weighted by atomic mass is 10.1. The lowest BCUT2D eigenvalue weighted by Crippen LogP contribution is -2.30. The van der Waals surface area contributed by atoms with Crippen molar-refractivity contribution in [2.45, 2.75) is 29.9 Å². The van der Waals surface area contributed by atoms with Crippen LogP contribution in [0.1, 0.15) is 25.2 Å². The van der Waals surface area contributed by atoms with E-state index < -0.39 is 6.10 Å². The van der Waals surface area contributed by atoms with Gasteiger partial charge in [0.1, 0.15) is 17.4 Å². The van der Waals surface area contributed by atoms with Gasteiger partial charge in [-0.05, 0) is 30.7 Å². The van der Waals surface area contributed by atoms with E-state index >= 15 is 0 Å². The quantitative estimate of drug-likeness (QED) is 0.881. The first-order chi connectivity index (χ1) is 9.69. The van der Waals surface area contributed by atoms with Gasteiger partial charge in [0.25, 0.3) is 0 Å². The Bertz CT molecular complexity index is 599. The summed E-state index contributed by atoms with van der Waals surface area (Å²) in [5.74, 6) is 2.91. The fourth-order valence-corrected chi connectivity index (χ4v) is 5.87. The third-order valence-electron chi connectivity index (χ3n) is 3.59. The maximum absolute atomic E-state index is 10.7. The van der Waals surface area contributed by atoms with Crippen LogP contribution in [0.25, 0.3) is 11.0 Å². The molecule has 1 aromatic heterocycles. The van der Waals surface area contributed by atoms with E-state index in [2.05, 4.69) is 6.92 Å². The van der Waals surface area contributed by atoms with Crippen molar-refractivity contribution < 1.29 is 9.52 Å². The fourth-order valence-electron chi connectivity index (χ4n) is 2.57. The maximum Gasteiger partial charge on any atom is 0.135 e. The number of fused-ring (bicyclic) bond motifs is 1. The van der Waals surface area contributed by atoms with Crippen molar-refractivity contribution in [2.75, 3.05) is 11.5 Å². The van der Waals surface area contributed by atoms with Crippen molar-refractivity contribution in [1.82, 2.24) is 0 Å². The molecule has 0 radical (unpaired) electrons. The van der Waals surface area contributed by atoms with Crippen LogP contribution in [0, 0.1) is 0 Å². The molecule has 1 aromatic carbocycles. The minimum Gasteiger partial charge on any atom is -0.458 e. The highest BCUT2D eigenvalue weighted by molar-refractivity contribution is 8.07. The molecule has 5 heteroatoms. The molecule has 3 rings (SSSR count). The monoisotopic (exact) mass is 328 g/mol. The summed E-state index contributed by atoms with van der Waals surface area (Å²) in [5.41, 5.74) is 0.782. The summed E-state index contributed by atoms with van der Waals surface area (Å²) in [6.45, 7) is 2.18. The summed E-state index contributed by atoms with van der Waals surface area (Å²) in [6, 6.07) is 7.45. The van der Waals surface area contributed by atoms with E-state index in [1.165, 1.54) is 5.75 Å². The molecule has 1 N–H and O–H groups in total. The molecule has 2 nitrogen and oxygen atoms in total. The predicted molar refractivity (Wildman–Crippen MR) is 89.0 cm³/mol. The Morgan fingerprint density at radius 1 is 1.35 bits per heavy atom. The highest BCUT2D eigenvalue weighted by Crippen LogP contribution is 2.41. The minimum absolute atomic E-state index is 0.204. The van der Waals surface area contributed by atoms with Crippen LogP contribution in [-0.2, 0) is 0 Å². The number of rotatable bonds is 3. The maximum atomic E-state index is 10.7. The largest absolute Gasteiger partial charge is 0.458 e. The van der Waals surface area contributed by atoms with E-state index in [-0.39, 0.29) is 5.25 Å². The Morgan fingerprint density at radius 3 is 2.95 bits per heavy atom. The molecule has 1 saturated heterocycles. The highest BCUT2D eigenvalue weighted by atomic mass is 35.5. The number of halogens is 1. The minimum atomic E-state index is -0.552. The van der Waals surface area contributed by atoms with Crippen LogP contribution < -0.4 is 0 Å². The van der Waals surface area contributed by atoms with Crippen LogP contribution in [0.4, 0.5) is 0 Å². The number of thioether (sulfide) groups is 2. The first-order valence-corrected chi connectivity index (χ1v) is 9.27. The van der Waals surface area contributed by atoms with Crippen LogP contribution in [0.5, 0.6) is 0 Å². The molecular weight excluding hydrogens is 312 g/mol. The van der Waals surface area contributed by atoms with Gasteiger partial charge in [-0.3, -0.25) is 0 Å². The molecule has 0 aliphatic carbocycles. The zero-order chi connectivity index (χ0) is 14.1. The number of hydrogen-bond acceptors (Lipinski definition) is 4. The van der Waals surface area contributed by atoms with E-state index in [0.29, 0.717) is 16.0 Å². The van der Waals surface area contributed by atoms with E-state index in [1.54, 1.807) is 0 Å². The second-order valence-corrected chi connectivity index (χ2v) is 8.00. The summed E-state index contributed by atoms with van der Waals surface area (Å²) >= 11 is 9.81. The predicted octanol–water partition coefficient (Wildman–Crippen LogP) is 4.75. The van der Waals surface area contributed by atoms with Crippen LogP contribution in [-0.4, -0.2) is 27.1 Å². The third kappa shape index (κ3) is 2.84. The van der Waals surface area contributed by atoms with Crippen LogP contribution in [0.2, 0.25) is 5.02 Å². The van der Waals surface area contributed by atoms with Crippen LogP contribution in [0.3, 0.4) is 0 Å². The van der Waals surface area contributed by atoms with E-state index in [4.69, 9.17) is 16.0 Å². The van der Waals surface area contributed by atoms with E-state index in [0.717, 1.165) is 23.1 Å². The normalized spacial score (nSPS) is 24.9. The number of furan rings is 1. The third-order valence-corrected chi connectivity index (χ3v) is 7.17. The van der Waals surface area contributed by atoms with Gasteiger partial charge in [-0.1, -0.05) is 18.5 Å². The lowest BCUT2D eigenvalue weighted by Gasteiger charge is -2.32. The molecule has 2 aromatic rings. The van der Waals surface area contributed by atoms with Gasteiger partial charge in [-0.15, -0.1) is 0 Å². The van der Waals surface area contributed by atoms with Crippen LogP contribution >= 0.6 is 35.1 Å². The van der Waals surface area contributed by atoms with Gasteiger partial charge in [-0.25, -0.2) is 0 Å². The molecule has 1 aliphatic heterocycles. The summed E-state index contributed by atoms with van der Waals surface area (Å²) in [4.78, 5) is 0. The zero-order valence-electron chi connectivity index (χ0n) is 11.2. The van der Waals surface area contributed by atoms with E-state index in [1.807, 2.05) is 47.8 Å². The van der Waals surface area contributed by atoms with Gasteiger partial charge in [0.15, 0.2) is 0 Å². The lowest BCUT2D eigenvalue weighted by molar-refractivity contribution is 0.147. The van der Waals surface area contributed by atoms with Crippen molar-refractivity contribution in [3.63, 3.8) is 0 Å². The van der Waals surface area contributed by atoms with Crippen molar-refractivity contribution in [2.24, 2.45) is 0 Å². The summed E-state index contributed by atoms with van der Waals surface area (Å²) in [5, 5.41) is 13.0. The van der Waals surface area contributed by atoms with Crippen molar-refractivity contribution >= 4 is 46.1 Å². The van der Waals surface area contributed by atoms with Crippen molar-refractivity contribution in [1.29, 1.82) is 0 Å². The SMILES string of the molecule is CCC1SCCSC1C(O)c1cc2cc(Cl)ccc2o1. The molecular formula is C15H17ClO2S2. The van der Waals surface area contributed by atoms with Crippen molar-refractivity contribution in [3.8, 4) is 0 Å². The van der Waals surface area contributed by atoms with Crippen molar-refractivity contribution in [3.05, 3.63) is 35.0 Å². The average Bonchev–Trinajstić information content (AvgIpc) is 2.89. The first-order valence-electron chi connectivity index (χ1n) is 6.79. The topological polar surface area (TPSA) is 33.4 Å². The summed E-state index contributed by atoms with van der Waals surface area (Å²) < 4.78 is 5.80. The van der Waals surface area contributed by atoms with Gasteiger partial charge in [0.2, 0.25) is 0 Å². The second kappa shape index (κ2) is 6.22. The van der Waals surface area contributed by atoms with E-state index in [9.17, 15) is 5.11 Å². The summed E-state index contributed by atoms with van der Waals surface area (Å²) in [6.07, 6.45) is 0.523. The van der Waals surface area contributed by atoms with Gasteiger partial charge >= 0.3 is 0 Å². The highest BCUT2D eigenvalue weighted by Gasteiger charge is 2.33. The van der Waals surface area contributed by atoms with Gasteiger partial charge in [-0.2, -0.15) is 23.5 Å². The first kappa shape index (κ1) is 14.6. The van der Waals surface area contributed by atoms with Crippen LogP contribution in [0.15, 0.2) is 28.7 Å². The number of aliphatic hydroxyl groups is 1. The fraction of sp³-hybridized carbons (Fsp3) is 0.467. The molecule has 108 valence electrons. The Hall–Kier alpha value is -0.290. The summed E-state index contributed by atoms with van der Waals surface area (Å²) in [7, 11) is 0. The molecule has 0 saturated carbocycles. The molecule has 0 bridgehead atoms. The number of aliphatic hydroxyl groups excluding tert-OH is 1. The molecule has 3 unspecified atom stereocenters. The molecule has 0 amide bonds. The molecule has 0 spiro atoms. The number of hydrogen-bond donors (Lipinski definition) is 1. The molecule has 2 heterocycles. The Kier molecular flexibility index (Phi) is 4.55. The standard InChI is InChI=1S/C15H17ClO2S2/c1-2-13-15(20-6-5-19-13)14(17)12-8-9-7-10(16)3-4-11(9)18-12/h3-4,7-8,13-15,17H,2,5-6H2,1H3. The smallest absolute Gasteiger partial charge is 0.135 e. The molecule has 1 fully saturated rings. The molecule has 20 heavy (non-hydrogen) atoms. The molecule has 1 aliphatic rings. The second-order valence-electron chi connectivity index (χ2n) is 4.93. The van der Waals surface area contributed by atoms with Gasteiger partial charge in [0.05, 0.1) is 0 Å². The Balaban J connectivity index is 1.89. The Morgan fingerprint density at radius 2 is 2.15 bits per heavy atom.